The van der Waals surface area contributed by atoms with E-state index in [9.17, 15) is 9.59 Å². The number of carbonyl (C=O) groups is 2. The molecular weight excluding hydrogens is 164 g/mol. The van der Waals surface area contributed by atoms with Gasteiger partial charge in [0, 0.05) is 6.42 Å². The Morgan fingerprint density at radius 1 is 1.75 bits per heavy atom. The average molecular weight is 174 g/mol. The average Bonchev–Trinajstić information content (AvgIpc) is 2.36. The SMILES string of the molecule is CCCC(=O)OC1COC(=O)O1. The van der Waals surface area contributed by atoms with Gasteiger partial charge in [-0.3, -0.25) is 4.79 Å². The van der Waals surface area contributed by atoms with Crippen molar-refractivity contribution in [3.63, 3.8) is 0 Å². The molecule has 0 aromatic rings. The van der Waals surface area contributed by atoms with Crippen molar-refractivity contribution >= 4 is 12.1 Å². The lowest BCUT2D eigenvalue weighted by molar-refractivity contribution is -0.162. The van der Waals surface area contributed by atoms with E-state index < -0.39 is 12.4 Å². The molecule has 0 aromatic carbocycles. The molecule has 0 spiro atoms. The second kappa shape index (κ2) is 3.94. The molecular formula is C7H10O5. The van der Waals surface area contributed by atoms with E-state index in [1.165, 1.54) is 0 Å². The van der Waals surface area contributed by atoms with Crippen LogP contribution in [-0.4, -0.2) is 25.0 Å². The summed E-state index contributed by atoms with van der Waals surface area (Å²) in [7, 11) is 0. The van der Waals surface area contributed by atoms with E-state index in [1.807, 2.05) is 6.92 Å². The highest BCUT2D eigenvalue weighted by atomic mass is 16.8. The molecule has 1 rings (SSSR count). The summed E-state index contributed by atoms with van der Waals surface area (Å²) in [6, 6.07) is 0. The molecule has 0 bridgehead atoms. The predicted octanol–water partition coefficient (Wildman–Crippen LogP) is 0.823. The number of ether oxygens (including phenoxy) is 3. The molecule has 1 saturated heterocycles. The third-order valence-electron chi connectivity index (χ3n) is 1.28. The third kappa shape index (κ3) is 2.41. The molecule has 1 fully saturated rings. The van der Waals surface area contributed by atoms with E-state index in [1.54, 1.807) is 0 Å². The fourth-order valence-corrected chi connectivity index (χ4v) is 0.779. The van der Waals surface area contributed by atoms with Crippen molar-refractivity contribution in [2.75, 3.05) is 6.61 Å². The van der Waals surface area contributed by atoms with Crippen molar-refractivity contribution in [2.45, 2.75) is 26.1 Å². The van der Waals surface area contributed by atoms with Crippen LogP contribution in [0.4, 0.5) is 4.79 Å². The first-order valence-electron chi connectivity index (χ1n) is 3.75. The second-order valence-corrected chi connectivity index (χ2v) is 2.35. The highest BCUT2D eigenvalue weighted by Gasteiger charge is 2.27. The molecule has 0 saturated carbocycles. The lowest BCUT2D eigenvalue weighted by atomic mass is 10.3. The van der Waals surface area contributed by atoms with Crippen LogP contribution in [0.3, 0.4) is 0 Å². The maximum Gasteiger partial charge on any atom is 0.511 e. The van der Waals surface area contributed by atoms with Gasteiger partial charge in [0.1, 0.15) is 0 Å². The van der Waals surface area contributed by atoms with E-state index in [4.69, 9.17) is 4.74 Å². The fourth-order valence-electron chi connectivity index (χ4n) is 0.779. The molecule has 0 aromatic heterocycles. The molecule has 12 heavy (non-hydrogen) atoms. The summed E-state index contributed by atoms with van der Waals surface area (Å²) in [5.74, 6) is -0.374. The zero-order valence-electron chi connectivity index (χ0n) is 6.74. The van der Waals surface area contributed by atoms with Gasteiger partial charge in [0.05, 0.1) is 0 Å². The number of rotatable bonds is 3. The van der Waals surface area contributed by atoms with Gasteiger partial charge in [-0.05, 0) is 6.42 Å². The molecule has 0 N–H and O–H groups in total. The van der Waals surface area contributed by atoms with E-state index in [0.717, 1.165) is 0 Å². The molecule has 1 atom stereocenters. The van der Waals surface area contributed by atoms with Gasteiger partial charge in [-0.15, -0.1) is 0 Å². The Balaban J connectivity index is 2.23. The predicted molar refractivity (Wildman–Crippen MR) is 37.2 cm³/mol. The Bertz CT molecular complexity index is 188. The maximum atomic E-state index is 10.8. The van der Waals surface area contributed by atoms with Crippen LogP contribution in [0.15, 0.2) is 0 Å². The van der Waals surface area contributed by atoms with E-state index >= 15 is 0 Å². The summed E-state index contributed by atoms with van der Waals surface area (Å²) in [4.78, 5) is 21.2. The molecule has 5 nitrogen and oxygen atoms in total. The number of hydrogen-bond donors (Lipinski definition) is 0. The summed E-state index contributed by atoms with van der Waals surface area (Å²) < 4.78 is 13.6. The monoisotopic (exact) mass is 174 g/mol. The van der Waals surface area contributed by atoms with Crippen LogP contribution in [-0.2, 0) is 19.0 Å². The zero-order valence-corrected chi connectivity index (χ0v) is 6.74. The minimum Gasteiger partial charge on any atom is -0.426 e. The van der Waals surface area contributed by atoms with Crippen molar-refractivity contribution < 1.29 is 23.8 Å². The highest BCUT2D eigenvalue weighted by molar-refractivity contribution is 5.70. The molecule has 0 radical (unpaired) electrons. The molecule has 0 amide bonds. The summed E-state index contributed by atoms with van der Waals surface area (Å²) in [5.41, 5.74) is 0. The second-order valence-electron chi connectivity index (χ2n) is 2.35. The smallest absolute Gasteiger partial charge is 0.426 e. The zero-order chi connectivity index (χ0) is 8.97. The van der Waals surface area contributed by atoms with Crippen molar-refractivity contribution in [1.29, 1.82) is 0 Å². The first kappa shape index (κ1) is 8.83. The van der Waals surface area contributed by atoms with Gasteiger partial charge in [-0.1, -0.05) is 6.92 Å². The first-order valence-corrected chi connectivity index (χ1v) is 3.75. The maximum absolute atomic E-state index is 10.8. The highest BCUT2D eigenvalue weighted by Crippen LogP contribution is 2.08. The minimum absolute atomic E-state index is 0.00567. The summed E-state index contributed by atoms with van der Waals surface area (Å²) >= 11 is 0. The lowest BCUT2D eigenvalue weighted by Crippen LogP contribution is -2.19. The Hall–Kier alpha value is -1.26. The molecule has 5 heteroatoms. The molecule has 0 aliphatic carbocycles. The van der Waals surface area contributed by atoms with Crippen LogP contribution >= 0.6 is 0 Å². The number of hydrogen-bond acceptors (Lipinski definition) is 5. The summed E-state index contributed by atoms with van der Waals surface area (Å²) in [6.07, 6.45) is -0.602. The van der Waals surface area contributed by atoms with Gasteiger partial charge in [0.2, 0.25) is 0 Å². The topological polar surface area (TPSA) is 61.8 Å². The Labute approximate surface area is 69.6 Å². The molecule has 1 aliphatic heterocycles. The van der Waals surface area contributed by atoms with Crippen molar-refractivity contribution in [3.05, 3.63) is 0 Å². The van der Waals surface area contributed by atoms with Gasteiger partial charge in [0.15, 0.2) is 6.61 Å². The normalized spacial score (nSPS) is 21.4. The standard InChI is InChI=1S/C7H10O5/c1-2-3-5(8)11-6-4-10-7(9)12-6/h6H,2-4H2,1H3. The van der Waals surface area contributed by atoms with Gasteiger partial charge in [-0.2, -0.15) is 0 Å². The quantitative estimate of drug-likeness (QED) is 0.593. The number of cyclic esters (lactones) is 2. The Kier molecular flexibility index (Phi) is 2.90. The van der Waals surface area contributed by atoms with Crippen LogP contribution in [0.1, 0.15) is 19.8 Å². The molecule has 1 heterocycles. The Morgan fingerprint density at radius 2 is 2.50 bits per heavy atom. The van der Waals surface area contributed by atoms with Crippen molar-refractivity contribution in [2.24, 2.45) is 0 Å². The summed E-state index contributed by atoms with van der Waals surface area (Å²) in [6.45, 7) is 1.85. The van der Waals surface area contributed by atoms with Crippen molar-refractivity contribution in [3.8, 4) is 0 Å². The third-order valence-corrected chi connectivity index (χ3v) is 1.28. The summed E-state index contributed by atoms with van der Waals surface area (Å²) in [5, 5.41) is 0. The number of carbonyl (C=O) groups excluding carboxylic acids is 2. The first-order chi connectivity index (χ1) is 5.72. The fraction of sp³-hybridized carbons (Fsp3) is 0.714. The van der Waals surface area contributed by atoms with Gasteiger partial charge < -0.3 is 14.2 Å². The largest absolute Gasteiger partial charge is 0.511 e. The Morgan fingerprint density at radius 3 is 3.00 bits per heavy atom. The van der Waals surface area contributed by atoms with Crippen molar-refractivity contribution in [1.82, 2.24) is 0 Å². The van der Waals surface area contributed by atoms with Crippen LogP contribution in [0.2, 0.25) is 0 Å². The van der Waals surface area contributed by atoms with Gasteiger partial charge in [0.25, 0.3) is 6.29 Å². The van der Waals surface area contributed by atoms with E-state index in [-0.39, 0.29) is 12.6 Å². The number of esters is 1. The molecule has 1 aliphatic rings. The molecule has 68 valence electrons. The van der Waals surface area contributed by atoms with Crippen LogP contribution in [0.5, 0.6) is 0 Å². The molecule has 1 unspecified atom stereocenters. The van der Waals surface area contributed by atoms with Crippen LogP contribution in [0.25, 0.3) is 0 Å². The van der Waals surface area contributed by atoms with Crippen LogP contribution in [0, 0.1) is 0 Å². The lowest BCUT2D eigenvalue weighted by Gasteiger charge is -2.06. The van der Waals surface area contributed by atoms with Gasteiger partial charge >= 0.3 is 12.1 Å². The van der Waals surface area contributed by atoms with E-state index in [0.29, 0.717) is 12.8 Å². The van der Waals surface area contributed by atoms with E-state index in [2.05, 4.69) is 9.47 Å². The van der Waals surface area contributed by atoms with Crippen LogP contribution < -0.4 is 0 Å². The van der Waals surface area contributed by atoms with Gasteiger partial charge in [-0.25, -0.2) is 4.79 Å². The minimum atomic E-state index is -0.850.